The van der Waals surface area contributed by atoms with Gasteiger partial charge >= 0.3 is 17.9 Å². The van der Waals surface area contributed by atoms with Crippen molar-refractivity contribution in [3.63, 3.8) is 0 Å². The number of hydrogen-bond acceptors (Lipinski definition) is 16. The molecule has 21 nitrogen and oxygen atoms in total. The maximum Gasteiger partial charge on any atom is 0.333 e. The number of ether oxygens (including phenoxy) is 6. The molecule has 0 aromatic rings. The van der Waals surface area contributed by atoms with Gasteiger partial charge in [0.15, 0.2) is 0 Å². The Morgan fingerprint density at radius 3 is 1.31 bits per heavy atom. The number of carbonyl (C=O) groups is 9. The molecule has 432 valence electrons. The third-order valence-corrected chi connectivity index (χ3v) is 11.3. The number of unbranched alkanes of at least 4 members (excludes halogenated alkanes) is 14. The van der Waals surface area contributed by atoms with Crippen LogP contribution < -0.4 is 21.3 Å². The first kappa shape index (κ1) is 68.3. The summed E-state index contributed by atoms with van der Waals surface area (Å²) in [6, 6.07) is -0.752. The van der Waals surface area contributed by atoms with Crippen molar-refractivity contribution < 1.29 is 76.4 Å². The normalized spacial score (nSPS) is 13.1. The molecule has 1 atom stereocenters. The van der Waals surface area contributed by atoms with Gasteiger partial charge in [0.1, 0.15) is 17.2 Å². The molecule has 1 aliphatic heterocycles. The van der Waals surface area contributed by atoms with Crippen LogP contribution in [0.25, 0.3) is 0 Å². The highest BCUT2D eigenvalue weighted by atomic mass is 16.7. The Balaban J connectivity index is 1.99. The molecule has 1 fully saturated rings. The SMILES string of the molecule is CC(C)(C)OC(=O)CCCCCCCCCCCCCCCCC(=O)NC(CCCCNC(=O)CCOCCOCCNC(=O)CCOCCOCCNC(=O)CCC(=O)ON1C(=O)CCC1=O)C(=O)OC(C)(C)C. The van der Waals surface area contributed by atoms with Gasteiger partial charge in [-0.05, 0) is 73.6 Å². The van der Waals surface area contributed by atoms with Crippen molar-refractivity contribution in [1.82, 2.24) is 26.3 Å². The Morgan fingerprint density at radius 1 is 0.427 bits per heavy atom. The quantitative estimate of drug-likeness (QED) is 0.0302. The fraction of sp³-hybridized carbons (Fsp3) is 0.833. The molecule has 4 N–H and O–H groups in total. The Kier molecular flexibility index (Phi) is 38.6. The monoisotopic (exact) mass is 1070 g/mol. The minimum Gasteiger partial charge on any atom is -0.460 e. The van der Waals surface area contributed by atoms with Crippen molar-refractivity contribution in [2.24, 2.45) is 0 Å². The molecule has 1 saturated heterocycles. The van der Waals surface area contributed by atoms with Gasteiger partial charge in [0.2, 0.25) is 23.6 Å². The highest BCUT2D eigenvalue weighted by molar-refractivity contribution is 6.01. The number of esters is 2. The zero-order valence-electron chi connectivity index (χ0n) is 46.5. The van der Waals surface area contributed by atoms with Crippen LogP contribution in [0.5, 0.6) is 0 Å². The fourth-order valence-electron chi connectivity index (χ4n) is 7.44. The molecule has 0 aromatic carbocycles. The second-order valence-electron chi connectivity index (χ2n) is 20.7. The van der Waals surface area contributed by atoms with Crippen LogP contribution in [0.4, 0.5) is 0 Å². The lowest BCUT2D eigenvalue weighted by atomic mass is 10.0. The van der Waals surface area contributed by atoms with E-state index >= 15 is 0 Å². The van der Waals surface area contributed by atoms with Crippen molar-refractivity contribution in [2.45, 2.75) is 219 Å². The van der Waals surface area contributed by atoms with Gasteiger partial charge in [-0.3, -0.25) is 33.6 Å². The van der Waals surface area contributed by atoms with Crippen LogP contribution in [0.3, 0.4) is 0 Å². The maximum atomic E-state index is 13.0. The van der Waals surface area contributed by atoms with Gasteiger partial charge in [-0.25, -0.2) is 9.59 Å². The summed E-state index contributed by atoms with van der Waals surface area (Å²) in [7, 11) is 0. The topological polar surface area (TPSA) is 270 Å². The Labute approximate surface area is 446 Å². The molecule has 0 aromatic heterocycles. The number of carbonyl (C=O) groups excluding carboxylic acids is 9. The smallest absolute Gasteiger partial charge is 0.333 e. The molecule has 0 bridgehead atoms. The van der Waals surface area contributed by atoms with E-state index in [2.05, 4.69) is 21.3 Å². The van der Waals surface area contributed by atoms with Crippen molar-refractivity contribution in [1.29, 1.82) is 0 Å². The Bertz CT molecular complexity index is 1650. The van der Waals surface area contributed by atoms with Crippen molar-refractivity contribution in [2.75, 3.05) is 72.5 Å². The molecular weight excluding hydrogens is 975 g/mol. The van der Waals surface area contributed by atoms with Crippen LogP contribution in [-0.2, 0) is 76.4 Å². The van der Waals surface area contributed by atoms with Gasteiger partial charge in [-0.1, -0.05) is 77.0 Å². The summed E-state index contributed by atoms with van der Waals surface area (Å²) in [6.07, 6.45) is 18.2. The number of amides is 6. The average molecular weight is 1070 g/mol. The summed E-state index contributed by atoms with van der Waals surface area (Å²) >= 11 is 0. The van der Waals surface area contributed by atoms with Crippen molar-refractivity contribution >= 4 is 53.4 Å². The summed E-state index contributed by atoms with van der Waals surface area (Å²) in [5.41, 5.74) is -1.10. The first-order chi connectivity index (χ1) is 35.8. The van der Waals surface area contributed by atoms with Gasteiger partial charge < -0.3 is 54.5 Å². The molecule has 0 radical (unpaired) electrons. The van der Waals surface area contributed by atoms with Crippen molar-refractivity contribution in [3.8, 4) is 0 Å². The van der Waals surface area contributed by atoms with E-state index in [-0.39, 0.29) is 115 Å². The van der Waals surface area contributed by atoms with E-state index in [1.807, 2.05) is 20.8 Å². The van der Waals surface area contributed by atoms with Crippen molar-refractivity contribution in [3.05, 3.63) is 0 Å². The fourth-order valence-corrected chi connectivity index (χ4v) is 7.44. The predicted molar refractivity (Wildman–Crippen MR) is 279 cm³/mol. The van der Waals surface area contributed by atoms with Gasteiger partial charge in [0.05, 0.1) is 59.3 Å². The van der Waals surface area contributed by atoms with E-state index in [0.29, 0.717) is 56.9 Å². The van der Waals surface area contributed by atoms with E-state index in [9.17, 15) is 43.2 Å². The first-order valence-corrected chi connectivity index (χ1v) is 27.7. The first-order valence-electron chi connectivity index (χ1n) is 27.7. The molecule has 6 amide bonds. The lowest BCUT2D eigenvalue weighted by Gasteiger charge is -2.24. The van der Waals surface area contributed by atoms with Gasteiger partial charge in [-0.2, -0.15) is 0 Å². The number of nitrogens with zero attached hydrogens (tertiary/aromatic N) is 1. The van der Waals surface area contributed by atoms with Crippen LogP contribution in [0, 0.1) is 0 Å². The summed E-state index contributed by atoms with van der Waals surface area (Å²) in [5, 5.41) is 11.5. The molecule has 75 heavy (non-hydrogen) atoms. The molecule has 0 aliphatic carbocycles. The van der Waals surface area contributed by atoms with Gasteiger partial charge in [-0.15, -0.1) is 5.06 Å². The largest absolute Gasteiger partial charge is 0.460 e. The van der Waals surface area contributed by atoms with Crippen LogP contribution in [0.15, 0.2) is 0 Å². The highest BCUT2D eigenvalue weighted by Crippen LogP contribution is 2.17. The summed E-state index contributed by atoms with van der Waals surface area (Å²) < 4.78 is 32.7. The van der Waals surface area contributed by atoms with Crippen LogP contribution in [0.1, 0.15) is 202 Å². The van der Waals surface area contributed by atoms with Crippen LogP contribution in [0.2, 0.25) is 0 Å². The molecular formula is C54H95N5O16. The Hall–Kier alpha value is -4.73. The summed E-state index contributed by atoms with van der Waals surface area (Å²) in [5.74, 6) is -3.50. The average Bonchev–Trinajstić information content (AvgIpc) is 3.64. The maximum absolute atomic E-state index is 13.0. The molecule has 1 aliphatic rings. The molecule has 21 heteroatoms. The minimum atomic E-state index is -0.849. The zero-order valence-corrected chi connectivity index (χ0v) is 46.5. The number of nitrogens with one attached hydrogen (secondary N) is 4. The second-order valence-corrected chi connectivity index (χ2v) is 20.7. The molecule has 0 saturated carbocycles. The van der Waals surface area contributed by atoms with E-state index in [1.54, 1.807) is 20.8 Å². The standard InChI is InChI=1S/C54H95N5O16/c1-53(2,3)73-50(66)25-20-18-16-14-12-10-8-7-9-11-13-15-17-19-24-47(63)58-43(52(68)74-54(4,5)6)23-21-22-32-55-45(61)30-35-69-39-42-72-38-34-57-46(62)31-36-70-40-41-71-37-33-56-44(60)26-29-51(67)75-59-48(64)27-28-49(59)65/h43H,7-42H2,1-6H3,(H,55,61)(H,56,60)(H,57,62)(H,58,63). The predicted octanol–water partition coefficient (Wildman–Crippen LogP) is 6.15. The van der Waals surface area contributed by atoms with Crippen LogP contribution in [-0.4, -0.2) is 148 Å². The summed E-state index contributed by atoms with van der Waals surface area (Å²) in [4.78, 5) is 113. The second kappa shape index (κ2) is 42.4. The van der Waals surface area contributed by atoms with E-state index in [4.69, 9.17) is 33.3 Å². The molecule has 1 rings (SSSR count). The van der Waals surface area contributed by atoms with E-state index in [0.717, 1.165) is 38.5 Å². The summed E-state index contributed by atoms with van der Waals surface area (Å²) in [6.45, 7) is 14.0. The third-order valence-electron chi connectivity index (χ3n) is 11.3. The minimum absolute atomic E-state index is 0.00909. The third kappa shape index (κ3) is 42.1. The van der Waals surface area contributed by atoms with Gasteiger partial charge in [0, 0.05) is 64.6 Å². The lowest BCUT2D eigenvalue weighted by Crippen LogP contribution is -2.44. The number of hydrogen-bond donors (Lipinski definition) is 4. The van der Waals surface area contributed by atoms with Crippen LogP contribution >= 0.6 is 0 Å². The van der Waals surface area contributed by atoms with E-state index in [1.165, 1.54) is 51.4 Å². The lowest BCUT2D eigenvalue weighted by molar-refractivity contribution is -0.197. The van der Waals surface area contributed by atoms with Gasteiger partial charge in [0.25, 0.3) is 11.8 Å². The zero-order chi connectivity index (χ0) is 55.6. The molecule has 0 spiro atoms. The highest BCUT2D eigenvalue weighted by Gasteiger charge is 2.33. The number of rotatable bonds is 46. The molecule has 1 unspecified atom stereocenters. The van der Waals surface area contributed by atoms with E-state index < -0.39 is 46.9 Å². The molecule has 1 heterocycles. The number of imide groups is 1. The number of hydroxylamine groups is 2. The Morgan fingerprint density at radius 2 is 0.840 bits per heavy atom.